The number of nitro benzene ring substituents is 1. The molecule has 0 bridgehead atoms. The van der Waals surface area contributed by atoms with Crippen molar-refractivity contribution in [2.75, 3.05) is 24.9 Å². The number of hydrogen-bond donors (Lipinski definition) is 2. The van der Waals surface area contributed by atoms with Crippen LogP contribution in [0.5, 0.6) is 11.5 Å². The number of methoxy groups -OCH3 is 2. The fourth-order valence-corrected chi connectivity index (χ4v) is 2.97. The summed E-state index contributed by atoms with van der Waals surface area (Å²) >= 11 is 0. The third kappa shape index (κ3) is 5.73. The first-order valence-corrected chi connectivity index (χ1v) is 9.78. The highest BCUT2D eigenvalue weighted by molar-refractivity contribution is 6.29. The van der Waals surface area contributed by atoms with Gasteiger partial charge in [-0.3, -0.25) is 19.7 Å². The average molecular weight is 447 g/mol. The van der Waals surface area contributed by atoms with Crippen molar-refractivity contribution in [1.29, 1.82) is 0 Å². The second-order valence-electron chi connectivity index (χ2n) is 6.72. The van der Waals surface area contributed by atoms with Crippen LogP contribution >= 0.6 is 0 Å². The van der Waals surface area contributed by atoms with Gasteiger partial charge in [0.05, 0.1) is 30.5 Å². The van der Waals surface area contributed by atoms with Gasteiger partial charge in [0.25, 0.3) is 17.5 Å². The first-order valence-electron chi connectivity index (χ1n) is 9.78. The number of ether oxygens (including phenoxy) is 2. The van der Waals surface area contributed by atoms with E-state index in [9.17, 15) is 19.7 Å². The van der Waals surface area contributed by atoms with Crippen molar-refractivity contribution in [2.24, 2.45) is 0 Å². The zero-order valence-electron chi connectivity index (χ0n) is 17.9. The molecule has 2 N–H and O–H groups in total. The van der Waals surface area contributed by atoms with Crippen LogP contribution in [-0.2, 0) is 9.59 Å². The van der Waals surface area contributed by atoms with Crippen molar-refractivity contribution in [3.05, 3.63) is 94.0 Å². The standard InChI is InChI=1S/C24H21N3O6/c1-32-21-9-5-3-7-19(21)25-23(28)18(15-16-11-13-17(14-12-16)27(30)31)24(29)26-20-8-4-6-10-22(20)33-2/h3-15H,1-2H3,(H,25,28)(H,26,29). The Morgan fingerprint density at radius 2 is 1.24 bits per heavy atom. The molecule has 0 aliphatic heterocycles. The SMILES string of the molecule is COc1ccccc1NC(=O)C(=Cc1ccc([N+](=O)[O-])cc1)C(=O)Nc1ccccc1OC. The summed E-state index contributed by atoms with van der Waals surface area (Å²) in [6.45, 7) is 0. The number of carbonyl (C=O) groups is 2. The van der Waals surface area contributed by atoms with E-state index in [1.54, 1.807) is 48.5 Å². The molecule has 9 heteroatoms. The van der Waals surface area contributed by atoms with E-state index >= 15 is 0 Å². The maximum atomic E-state index is 13.1. The van der Waals surface area contributed by atoms with E-state index in [1.807, 2.05) is 0 Å². The van der Waals surface area contributed by atoms with E-state index in [2.05, 4.69) is 10.6 Å². The normalized spacial score (nSPS) is 10.0. The first kappa shape index (κ1) is 23.0. The van der Waals surface area contributed by atoms with Crippen LogP contribution in [0.15, 0.2) is 78.4 Å². The largest absolute Gasteiger partial charge is 0.495 e. The molecule has 2 amide bonds. The van der Waals surface area contributed by atoms with E-state index < -0.39 is 16.7 Å². The summed E-state index contributed by atoms with van der Waals surface area (Å²) in [5.41, 5.74) is 0.863. The monoisotopic (exact) mass is 447 g/mol. The van der Waals surface area contributed by atoms with Gasteiger partial charge in [-0.15, -0.1) is 0 Å². The molecular formula is C24H21N3O6. The molecule has 3 aromatic rings. The molecule has 0 fully saturated rings. The molecule has 168 valence electrons. The third-order valence-electron chi connectivity index (χ3n) is 4.61. The Morgan fingerprint density at radius 1 is 0.788 bits per heavy atom. The number of para-hydroxylation sites is 4. The summed E-state index contributed by atoms with van der Waals surface area (Å²) in [7, 11) is 2.93. The Labute approximate surface area is 189 Å². The number of nitro groups is 1. The molecule has 3 aromatic carbocycles. The summed E-state index contributed by atoms with van der Waals surface area (Å²) in [4.78, 5) is 36.6. The van der Waals surface area contributed by atoms with Crippen molar-refractivity contribution in [3.63, 3.8) is 0 Å². The Morgan fingerprint density at radius 3 is 1.67 bits per heavy atom. The smallest absolute Gasteiger partial charge is 0.269 e. The number of anilines is 2. The van der Waals surface area contributed by atoms with Crippen LogP contribution in [0.3, 0.4) is 0 Å². The van der Waals surface area contributed by atoms with E-state index in [-0.39, 0.29) is 11.3 Å². The lowest BCUT2D eigenvalue weighted by atomic mass is 10.1. The number of carbonyl (C=O) groups excluding carboxylic acids is 2. The van der Waals surface area contributed by atoms with Crippen molar-refractivity contribution in [1.82, 2.24) is 0 Å². The lowest BCUT2D eigenvalue weighted by Gasteiger charge is -2.14. The average Bonchev–Trinajstić information content (AvgIpc) is 2.83. The number of non-ortho nitro benzene ring substituents is 1. The molecule has 0 radical (unpaired) electrons. The van der Waals surface area contributed by atoms with Crippen LogP contribution in [0.4, 0.5) is 17.1 Å². The molecule has 0 unspecified atom stereocenters. The van der Waals surface area contributed by atoms with Gasteiger partial charge < -0.3 is 20.1 Å². The van der Waals surface area contributed by atoms with Crippen molar-refractivity contribution in [2.45, 2.75) is 0 Å². The van der Waals surface area contributed by atoms with Crippen molar-refractivity contribution >= 4 is 35.0 Å². The third-order valence-corrected chi connectivity index (χ3v) is 4.61. The molecule has 33 heavy (non-hydrogen) atoms. The van der Waals surface area contributed by atoms with Crippen molar-refractivity contribution in [3.8, 4) is 11.5 Å². The van der Waals surface area contributed by atoms with Gasteiger partial charge >= 0.3 is 0 Å². The zero-order valence-corrected chi connectivity index (χ0v) is 17.9. The summed E-state index contributed by atoms with van der Waals surface area (Å²) < 4.78 is 10.5. The molecular weight excluding hydrogens is 426 g/mol. The van der Waals surface area contributed by atoms with E-state index in [1.165, 1.54) is 44.6 Å². The number of benzene rings is 3. The van der Waals surface area contributed by atoms with Crippen LogP contribution in [0.1, 0.15) is 5.56 Å². The Bertz CT molecular complexity index is 1140. The lowest BCUT2D eigenvalue weighted by molar-refractivity contribution is -0.384. The van der Waals surface area contributed by atoms with Gasteiger partial charge in [0.2, 0.25) is 0 Å². The topological polar surface area (TPSA) is 120 Å². The lowest BCUT2D eigenvalue weighted by Crippen LogP contribution is -2.25. The maximum absolute atomic E-state index is 13.1. The Hall–Kier alpha value is -4.66. The number of nitrogens with zero attached hydrogens (tertiary/aromatic N) is 1. The van der Waals surface area contributed by atoms with E-state index in [0.29, 0.717) is 28.4 Å². The quantitative estimate of drug-likeness (QED) is 0.175. The number of hydrogen-bond acceptors (Lipinski definition) is 6. The Kier molecular flexibility index (Phi) is 7.38. The molecule has 0 aliphatic rings. The van der Waals surface area contributed by atoms with Gasteiger partial charge in [0.1, 0.15) is 17.1 Å². The molecule has 9 nitrogen and oxygen atoms in total. The highest BCUT2D eigenvalue weighted by atomic mass is 16.6. The van der Waals surface area contributed by atoms with Gasteiger partial charge in [-0.05, 0) is 48.0 Å². The van der Waals surface area contributed by atoms with E-state index in [0.717, 1.165) is 0 Å². The van der Waals surface area contributed by atoms with Crippen LogP contribution in [0, 0.1) is 10.1 Å². The minimum absolute atomic E-state index is 0.106. The molecule has 0 aliphatic carbocycles. The second-order valence-corrected chi connectivity index (χ2v) is 6.72. The van der Waals surface area contributed by atoms with Crippen molar-refractivity contribution < 1.29 is 24.0 Å². The predicted octanol–water partition coefficient (Wildman–Crippen LogP) is 4.27. The van der Waals surface area contributed by atoms with Gasteiger partial charge in [0.15, 0.2) is 0 Å². The number of rotatable bonds is 8. The van der Waals surface area contributed by atoms with Gasteiger partial charge in [-0.25, -0.2) is 0 Å². The maximum Gasteiger partial charge on any atom is 0.269 e. The molecule has 0 heterocycles. The highest BCUT2D eigenvalue weighted by Gasteiger charge is 2.21. The number of amides is 2. The number of nitrogens with one attached hydrogen (secondary N) is 2. The van der Waals surface area contributed by atoms with Crippen LogP contribution < -0.4 is 20.1 Å². The fourth-order valence-electron chi connectivity index (χ4n) is 2.97. The molecule has 0 aromatic heterocycles. The molecule has 0 spiro atoms. The first-order chi connectivity index (χ1) is 15.9. The molecule has 0 saturated carbocycles. The molecule has 0 saturated heterocycles. The minimum Gasteiger partial charge on any atom is -0.495 e. The van der Waals surface area contributed by atoms with Crippen LogP contribution in [-0.4, -0.2) is 31.0 Å². The predicted molar refractivity (Wildman–Crippen MR) is 124 cm³/mol. The van der Waals surface area contributed by atoms with Gasteiger partial charge in [-0.2, -0.15) is 0 Å². The van der Waals surface area contributed by atoms with E-state index in [4.69, 9.17) is 9.47 Å². The minimum atomic E-state index is -0.690. The summed E-state index contributed by atoms with van der Waals surface area (Å²) in [5, 5.41) is 16.3. The molecule has 0 atom stereocenters. The second kappa shape index (κ2) is 10.6. The fraction of sp³-hybridized carbons (Fsp3) is 0.0833. The Balaban J connectivity index is 1.96. The summed E-state index contributed by atoms with van der Waals surface area (Å²) in [5.74, 6) is -0.535. The van der Waals surface area contributed by atoms with Gasteiger partial charge in [-0.1, -0.05) is 24.3 Å². The van der Waals surface area contributed by atoms with Crippen LogP contribution in [0.25, 0.3) is 6.08 Å². The zero-order chi connectivity index (χ0) is 23.8. The summed E-state index contributed by atoms with van der Waals surface area (Å²) in [6.07, 6.45) is 1.35. The van der Waals surface area contributed by atoms with Gasteiger partial charge in [0, 0.05) is 12.1 Å². The summed E-state index contributed by atoms with van der Waals surface area (Å²) in [6, 6.07) is 19.0. The van der Waals surface area contributed by atoms with Crippen LogP contribution in [0.2, 0.25) is 0 Å². The highest BCUT2D eigenvalue weighted by Crippen LogP contribution is 2.26. The molecule has 3 rings (SSSR count).